The molecule has 108 valence electrons. The van der Waals surface area contributed by atoms with Gasteiger partial charge in [0, 0.05) is 6.54 Å². The molecular formula is C14H17FN2O3. The predicted molar refractivity (Wildman–Crippen MR) is 72.9 cm³/mol. The van der Waals surface area contributed by atoms with E-state index in [-0.39, 0.29) is 18.8 Å². The van der Waals surface area contributed by atoms with Crippen molar-refractivity contribution in [3.05, 3.63) is 48.3 Å². The van der Waals surface area contributed by atoms with Crippen molar-refractivity contribution in [2.24, 2.45) is 0 Å². The molecule has 0 radical (unpaired) electrons. The third-order valence-corrected chi connectivity index (χ3v) is 2.59. The Labute approximate surface area is 116 Å². The molecule has 1 unspecified atom stereocenters. The fourth-order valence-corrected chi connectivity index (χ4v) is 1.61. The van der Waals surface area contributed by atoms with E-state index in [1.54, 1.807) is 12.1 Å². The summed E-state index contributed by atoms with van der Waals surface area (Å²) in [5.41, 5.74) is 0.756. The molecule has 0 aliphatic rings. The second-order valence-corrected chi connectivity index (χ2v) is 4.20. The third-order valence-electron chi connectivity index (χ3n) is 2.59. The molecule has 20 heavy (non-hydrogen) atoms. The van der Waals surface area contributed by atoms with Crippen LogP contribution in [0.3, 0.4) is 0 Å². The number of rotatable bonds is 7. The summed E-state index contributed by atoms with van der Waals surface area (Å²) >= 11 is 0. The zero-order chi connectivity index (χ0) is 15.0. The van der Waals surface area contributed by atoms with Crippen molar-refractivity contribution in [1.82, 2.24) is 10.6 Å². The van der Waals surface area contributed by atoms with Crippen LogP contribution >= 0.6 is 0 Å². The Kier molecular flexibility index (Phi) is 6.22. The lowest BCUT2D eigenvalue weighted by Gasteiger charge is -2.13. The molecule has 0 bridgehead atoms. The van der Waals surface area contributed by atoms with Gasteiger partial charge < -0.3 is 15.7 Å². The van der Waals surface area contributed by atoms with Crippen LogP contribution in [0.25, 0.3) is 0 Å². The summed E-state index contributed by atoms with van der Waals surface area (Å²) in [6.45, 7) is 3.72. The van der Waals surface area contributed by atoms with Gasteiger partial charge in [-0.15, -0.1) is 6.58 Å². The monoisotopic (exact) mass is 280 g/mol. The van der Waals surface area contributed by atoms with Crippen LogP contribution in [-0.2, 0) is 11.2 Å². The number of nitrogens with one attached hydrogen (secondary N) is 2. The molecule has 0 aliphatic carbocycles. The van der Waals surface area contributed by atoms with E-state index in [4.69, 9.17) is 5.11 Å². The van der Waals surface area contributed by atoms with Crippen LogP contribution in [0.5, 0.6) is 0 Å². The highest BCUT2D eigenvalue weighted by atomic mass is 19.1. The van der Waals surface area contributed by atoms with E-state index in [1.807, 2.05) is 0 Å². The van der Waals surface area contributed by atoms with Crippen LogP contribution in [-0.4, -0.2) is 29.7 Å². The normalized spacial score (nSPS) is 11.4. The maximum absolute atomic E-state index is 12.9. The van der Waals surface area contributed by atoms with Gasteiger partial charge in [-0.1, -0.05) is 18.2 Å². The SMILES string of the molecule is C=CCC(NC(=O)NCCc1cccc(F)c1)C(=O)O. The van der Waals surface area contributed by atoms with Crippen LogP contribution in [0.4, 0.5) is 9.18 Å². The molecule has 6 heteroatoms. The summed E-state index contributed by atoms with van der Waals surface area (Å²) < 4.78 is 12.9. The first-order chi connectivity index (χ1) is 9.52. The molecule has 0 aromatic heterocycles. The summed E-state index contributed by atoms with van der Waals surface area (Å²) in [5, 5.41) is 13.7. The number of aliphatic carboxylic acids is 1. The minimum Gasteiger partial charge on any atom is -0.480 e. The molecule has 5 nitrogen and oxygen atoms in total. The second kappa shape index (κ2) is 7.93. The molecule has 2 amide bonds. The molecule has 1 aromatic carbocycles. The fourth-order valence-electron chi connectivity index (χ4n) is 1.61. The van der Waals surface area contributed by atoms with Gasteiger partial charge in [-0.3, -0.25) is 0 Å². The molecule has 0 saturated carbocycles. The van der Waals surface area contributed by atoms with Gasteiger partial charge in [0.15, 0.2) is 0 Å². The molecule has 0 heterocycles. The van der Waals surface area contributed by atoms with Gasteiger partial charge in [-0.2, -0.15) is 0 Å². The smallest absolute Gasteiger partial charge is 0.326 e. The van der Waals surface area contributed by atoms with Crippen molar-refractivity contribution >= 4 is 12.0 Å². The van der Waals surface area contributed by atoms with E-state index in [1.165, 1.54) is 18.2 Å². The van der Waals surface area contributed by atoms with E-state index in [0.717, 1.165) is 5.56 Å². The second-order valence-electron chi connectivity index (χ2n) is 4.20. The van der Waals surface area contributed by atoms with Crippen LogP contribution in [0.15, 0.2) is 36.9 Å². The van der Waals surface area contributed by atoms with Gasteiger partial charge in [-0.25, -0.2) is 14.0 Å². The quantitative estimate of drug-likeness (QED) is 0.665. The van der Waals surface area contributed by atoms with Crippen molar-refractivity contribution in [3.8, 4) is 0 Å². The standard InChI is InChI=1S/C14H17FN2O3/c1-2-4-12(13(18)19)17-14(20)16-8-7-10-5-3-6-11(15)9-10/h2-3,5-6,9,12H,1,4,7-8H2,(H,18,19)(H2,16,17,20). The summed E-state index contributed by atoms with van der Waals surface area (Å²) in [4.78, 5) is 22.3. The first-order valence-corrected chi connectivity index (χ1v) is 6.15. The molecule has 3 N–H and O–H groups in total. The van der Waals surface area contributed by atoms with Crippen molar-refractivity contribution in [2.75, 3.05) is 6.54 Å². The van der Waals surface area contributed by atoms with Crippen LogP contribution < -0.4 is 10.6 Å². The Morgan fingerprint density at radius 3 is 2.80 bits per heavy atom. The topological polar surface area (TPSA) is 78.4 Å². The Morgan fingerprint density at radius 1 is 1.45 bits per heavy atom. The Balaban J connectivity index is 2.36. The van der Waals surface area contributed by atoms with Crippen LogP contribution in [0.2, 0.25) is 0 Å². The molecule has 1 aromatic rings. The van der Waals surface area contributed by atoms with Crippen molar-refractivity contribution in [3.63, 3.8) is 0 Å². The van der Waals surface area contributed by atoms with Crippen LogP contribution in [0, 0.1) is 5.82 Å². The molecule has 0 fully saturated rings. The number of carbonyl (C=O) groups excluding carboxylic acids is 1. The lowest BCUT2D eigenvalue weighted by molar-refractivity contribution is -0.139. The largest absolute Gasteiger partial charge is 0.480 e. The average Bonchev–Trinajstić information content (AvgIpc) is 2.38. The third kappa shape index (κ3) is 5.51. The van der Waals surface area contributed by atoms with Gasteiger partial charge in [0.2, 0.25) is 0 Å². The molecule has 0 spiro atoms. The Bertz CT molecular complexity index is 491. The minimum atomic E-state index is -1.12. The molecule has 1 rings (SSSR count). The number of urea groups is 1. The van der Waals surface area contributed by atoms with E-state index in [2.05, 4.69) is 17.2 Å². The van der Waals surface area contributed by atoms with E-state index < -0.39 is 18.0 Å². The predicted octanol–water partition coefficient (Wildman–Crippen LogP) is 1.70. The van der Waals surface area contributed by atoms with Gasteiger partial charge in [-0.05, 0) is 30.5 Å². The minimum absolute atomic E-state index is 0.145. The Morgan fingerprint density at radius 2 is 2.20 bits per heavy atom. The van der Waals surface area contributed by atoms with Gasteiger partial charge >= 0.3 is 12.0 Å². The van der Waals surface area contributed by atoms with Gasteiger partial charge in [0.25, 0.3) is 0 Å². The maximum Gasteiger partial charge on any atom is 0.326 e. The zero-order valence-electron chi connectivity index (χ0n) is 10.9. The highest BCUT2D eigenvalue weighted by Gasteiger charge is 2.17. The number of carbonyl (C=O) groups is 2. The number of halogens is 1. The molecule has 1 atom stereocenters. The number of carboxylic acids is 1. The molecule has 0 aliphatic heterocycles. The number of amides is 2. The Hall–Kier alpha value is -2.37. The lowest BCUT2D eigenvalue weighted by Crippen LogP contribution is -2.46. The van der Waals surface area contributed by atoms with Gasteiger partial charge in [0.1, 0.15) is 11.9 Å². The number of hydrogen-bond acceptors (Lipinski definition) is 2. The van der Waals surface area contributed by atoms with E-state index >= 15 is 0 Å². The number of hydrogen-bond donors (Lipinski definition) is 3. The van der Waals surface area contributed by atoms with E-state index in [0.29, 0.717) is 6.42 Å². The highest BCUT2D eigenvalue weighted by molar-refractivity contribution is 5.82. The summed E-state index contributed by atoms with van der Waals surface area (Å²) in [7, 11) is 0. The fraction of sp³-hybridized carbons (Fsp3) is 0.286. The molecular weight excluding hydrogens is 263 g/mol. The first-order valence-electron chi connectivity index (χ1n) is 6.15. The number of carboxylic acid groups (broad SMARTS) is 1. The van der Waals surface area contributed by atoms with Crippen LogP contribution in [0.1, 0.15) is 12.0 Å². The summed E-state index contributed by atoms with van der Waals surface area (Å²) in [5.74, 6) is -1.45. The summed E-state index contributed by atoms with van der Waals surface area (Å²) in [6.07, 6.45) is 2.03. The first kappa shape index (κ1) is 15.7. The van der Waals surface area contributed by atoms with Crippen molar-refractivity contribution < 1.29 is 19.1 Å². The van der Waals surface area contributed by atoms with Gasteiger partial charge in [0.05, 0.1) is 0 Å². The average molecular weight is 280 g/mol. The lowest BCUT2D eigenvalue weighted by atomic mass is 10.1. The highest BCUT2D eigenvalue weighted by Crippen LogP contribution is 2.03. The van der Waals surface area contributed by atoms with Crippen molar-refractivity contribution in [2.45, 2.75) is 18.9 Å². The van der Waals surface area contributed by atoms with Crippen molar-refractivity contribution in [1.29, 1.82) is 0 Å². The molecule has 0 saturated heterocycles. The van der Waals surface area contributed by atoms with E-state index in [9.17, 15) is 14.0 Å². The maximum atomic E-state index is 12.9. The number of benzene rings is 1. The summed E-state index contributed by atoms with van der Waals surface area (Å²) in [6, 6.07) is 4.50. The zero-order valence-corrected chi connectivity index (χ0v) is 10.9.